The molecule has 32 heavy (non-hydrogen) atoms. The Morgan fingerprint density at radius 1 is 0.875 bits per heavy atom. The number of amides is 1. The molecule has 6 rings (SSSR count). The number of aromatic nitrogens is 2. The van der Waals surface area contributed by atoms with Gasteiger partial charge >= 0.3 is 0 Å². The zero-order valence-corrected chi connectivity index (χ0v) is 17.6. The summed E-state index contributed by atoms with van der Waals surface area (Å²) in [7, 11) is 0. The fourth-order valence-corrected chi connectivity index (χ4v) is 4.86. The van der Waals surface area contributed by atoms with Gasteiger partial charge in [0.15, 0.2) is 5.72 Å². The zero-order chi connectivity index (χ0) is 21.7. The van der Waals surface area contributed by atoms with Gasteiger partial charge in [0.2, 0.25) is 0 Å². The Morgan fingerprint density at radius 2 is 1.66 bits per heavy atom. The van der Waals surface area contributed by atoms with Crippen LogP contribution in [0, 0.1) is 0 Å². The highest BCUT2D eigenvalue weighted by Gasteiger charge is 2.52. The Labute approximate surface area is 186 Å². The summed E-state index contributed by atoms with van der Waals surface area (Å²) in [5.74, 6) is -0.0786. The number of pyridine rings is 2. The molecule has 2 atom stereocenters. The number of benzene rings is 2. The summed E-state index contributed by atoms with van der Waals surface area (Å²) in [6.07, 6.45) is 1.75. The van der Waals surface area contributed by atoms with Gasteiger partial charge in [-0.05, 0) is 36.8 Å². The molecule has 1 saturated heterocycles. The first-order valence-corrected chi connectivity index (χ1v) is 10.7. The molecule has 0 N–H and O–H groups in total. The molecular formula is C27H21N3O2. The maximum Gasteiger partial charge on any atom is 0.259 e. The molecule has 2 aromatic heterocycles. The Morgan fingerprint density at radius 3 is 2.47 bits per heavy atom. The topological polar surface area (TPSA) is 55.3 Å². The van der Waals surface area contributed by atoms with Gasteiger partial charge in [-0.1, -0.05) is 60.7 Å². The monoisotopic (exact) mass is 419 g/mol. The summed E-state index contributed by atoms with van der Waals surface area (Å²) >= 11 is 0. The van der Waals surface area contributed by atoms with Crippen LogP contribution in [0.3, 0.4) is 0 Å². The van der Waals surface area contributed by atoms with Crippen LogP contribution >= 0.6 is 0 Å². The average molecular weight is 419 g/mol. The summed E-state index contributed by atoms with van der Waals surface area (Å²) in [5.41, 5.74) is 4.77. The van der Waals surface area contributed by atoms with Crippen molar-refractivity contribution in [2.75, 3.05) is 6.61 Å². The average Bonchev–Trinajstić information content (AvgIpc) is 3.19. The summed E-state index contributed by atoms with van der Waals surface area (Å²) < 4.78 is 6.40. The Kier molecular flexibility index (Phi) is 4.20. The summed E-state index contributed by atoms with van der Waals surface area (Å²) in [6, 6.07) is 27.4. The van der Waals surface area contributed by atoms with E-state index in [0.29, 0.717) is 17.9 Å². The van der Waals surface area contributed by atoms with Crippen LogP contribution in [0.1, 0.15) is 34.5 Å². The van der Waals surface area contributed by atoms with Crippen LogP contribution < -0.4 is 0 Å². The van der Waals surface area contributed by atoms with Crippen molar-refractivity contribution in [3.63, 3.8) is 0 Å². The molecule has 0 saturated carbocycles. The maximum absolute atomic E-state index is 14.0. The van der Waals surface area contributed by atoms with Crippen molar-refractivity contribution in [2.24, 2.45) is 0 Å². The molecule has 4 heterocycles. The van der Waals surface area contributed by atoms with Crippen molar-refractivity contribution in [1.29, 1.82) is 0 Å². The summed E-state index contributed by atoms with van der Waals surface area (Å²) in [6.45, 7) is 2.42. The highest BCUT2D eigenvalue weighted by molar-refractivity contribution is 6.03. The van der Waals surface area contributed by atoms with Gasteiger partial charge in [-0.25, -0.2) is 4.98 Å². The van der Waals surface area contributed by atoms with E-state index >= 15 is 0 Å². The third-order valence-electron chi connectivity index (χ3n) is 6.43. The molecule has 2 aliphatic heterocycles. The van der Waals surface area contributed by atoms with Crippen molar-refractivity contribution in [1.82, 2.24) is 14.9 Å². The van der Waals surface area contributed by atoms with Gasteiger partial charge in [0.05, 0.1) is 35.3 Å². The van der Waals surface area contributed by atoms with E-state index in [1.807, 2.05) is 96.8 Å². The van der Waals surface area contributed by atoms with Crippen LogP contribution in [0.15, 0.2) is 91.1 Å². The van der Waals surface area contributed by atoms with E-state index < -0.39 is 5.72 Å². The first-order chi connectivity index (χ1) is 15.7. The summed E-state index contributed by atoms with van der Waals surface area (Å²) in [4.78, 5) is 25.3. The van der Waals surface area contributed by atoms with E-state index in [4.69, 9.17) is 9.72 Å². The van der Waals surface area contributed by atoms with Crippen molar-refractivity contribution in [3.8, 4) is 22.6 Å². The quantitative estimate of drug-likeness (QED) is 0.448. The lowest BCUT2D eigenvalue weighted by molar-refractivity contribution is -0.0598. The molecule has 0 unspecified atom stereocenters. The molecule has 0 aliphatic carbocycles. The second-order valence-corrected chi connectivity index (χ2v) is 8.25. The summed E-state index contributed by atoms with van der Waals surface area (Å²) in [5, 5.41) is 0. The van der Waals surface area contributed by atoms with Gasteiger partial charge in [0.1, 0.15) is 0 Å². The normalized spacial score (nSPS) is 21.5. The predicted octanol–water partition coefficient (Wildman–Crippen LogP) is 5.21. The van der Waals surface area contributed by atoms with Crippen LogP contribution in [0.2, 0.25) is 0 Å². The van der Waals surface area contributed by atoms with Gasteiger partial charge in [0.25, 0.3) is 5.91 Å². The van der Waals surface area contributed by atoms with Crippen molar-refractivity contribution in [3.05, 3.63) is 108 Å². The van der Waals surface area contributed by atoms with Crippen LogP contribution in [-0.4, -0.2) is 27.4 Å². The first-order valence-electron chi connectivity index (χ1n) is 10.7. The van der Waals surface area contributed by atoms with Gasteiger partial charge in [-0.15, -0.1) is 0 Å². The number of hydrogen-bond donors (Lipinski definition) is 0. The molecule has 0 bridgehead atoms. The SMILES string of the molecule is C[C@@]12OC[C@@H](c3ccccc3)N1C(=O)c1ccc(-c3ccccn3)nc1-c1ccccc12. The van der Waals surface area contributed by atoms with Crippen LogP contribution in [0.4, 0.5) is 0 Å². The lowest BCUT2D eigenvalue weighted by Crippen LogP contribution is -2.44. The molecular weight excluding hydrogens is 398 g/mol. The van der Waals surface area contributed by atoms with Gasteiger partial charge < -0.3 is 4.74 Å². The first kappa shape index (κ1) is 18.9. The smallest absolute Gasteiger partial charge is 0.259 e. The van der Waals surface area contributed by atoms with Crippen molar-refractivity contribution < 1.29 is 9.53 Å². The van der Waals surface area contributed by atoms with E-state index in [1.54, 1.807) is 6.20 Å². The fourth-order valence-electron chi connectivity index (χ4n) is 4.86. The second-order valence-electron chi connectivity index (χ2n) is 8.25. The minimum absolute atomic E-state index is 0.0786. The molecule has 0 spiro atoms. The highest BCUT2D eigenvalue weighted by atomic mass is 16.5. The Balaban J connectivity index is 1.58. The Hall–Kier alpha value is -3.83. The largest absolute Gasteiger partial charge is 0.349 e. The standard InChI is InChI=1S/C27H21N3O2/c1-27-21-12-6-5-11-19(21)25-20(14-15-23(29-25)22-13-7-8-16-28-22)26(31)30(27)24(17-32-27)18-9-3-2-4-10-18/h2-16,24H,17H2,1H3/t24-,27-/m0/s1. The van der Waals surface area contributed by atoms with Crippen molar-refractivity contribution in [2.45, 2.75) is 18.7 Å². The number of ether oxygens (including phenoxy) is 1. The number of carbonyl (C=O) groups excluding carboxylic acids is 1. The van der Waals surface area contributed by atoms with E-state index in [1.165, 1.54) is 0 Å². The van der Waals surface area contributed by atoms with Crippen LogP contribution in [0.5, 0.6) is 0 Å². The number of nitrogens with zero attached hydrogens (tertiary/aromatic N) is 3. The van der Waals surface area contributed by atoms with Gasteiger partial charge in [-0.3, -0.25) is 14.7 Å². The molecule has 1 fully saturated rings. The van der Waals surface area contributed by atoms with Gasteiger partial charge in [0, 0.05) is 17.3 Å². The highest BCUT2D eigenvalue weighted by Crippen LogP contribution is 2.49. The molecule has 2 aromatic carbocycles. The number of hydrogen-bond acceptors (Lipinski definition) is 4. The molecule has 1 amide bonds. The minimum Gasteiger partial charge on any atom is -0.349 e. The lowest BCUT2D eigenvalue weighted by Gasteiger charge is -2.36. The lowest BCUT2D eigenvalue weighted by atomic mass is 9.95. The zero-order valence-electron chi connectivity index (χ0n) is 17.6. The third-order valence-corrected chi connectivity index (χ3v) is 6.43. The number of carbonyl (C=O) groups is 1. The maximum atomic E-state index is 14.0. The molecule has 5 heteroatoms. The van der Waals surface area contributed by atoms with Crippen LogP contribution in [-0.2, 0) is 10.5 Å². The minimum atomic E-state index is -0.889. The van der Waals surface area contributed by atoms with Crippen molar-refractivity contribution >= 4 is 5.91 Å². The Bertz CT molecular complexity index is 1320. The number of rotatable bonds is 2. The van der Waals surface area contributed by atoms with E-state index in [-0.39, 0.29) is 11.9 Å². The second kappa shape index (κ2) is 7.11. The van der Waals surface area contributed by atoms with Crippen LogP contribution in [0.25, 0.3) is 22.6 Å². The van der Waals surface area contributed by atoms with Gasteiger partial charge in [-0.2, -0.15) is 0 Å². The van der Waals surface area contributed by atoms with E-state index in [0.717, 1.165) is 28.1 Å². The molecule has 0 radical (unpaired) electrons. The predicted molar refractivity (Wildman–Crippen MR) is 122 cm³/mol. The fraction of sp³-hybridized carbons (Fsp3) is 0.148. The van der Waals surface area contributed by atoms with E-state index in [2.05, 4.69) is 4.98 Å². The molecule has 156 valence electrons. The van der Waals surface area contributed by atoms with E-state index in [9.17, 15) is 4.79 Å². The molecule has 4 aromatic rings. The number of fused-ring (bicyclic) bond motifs is 5. The molecule has 5 nitrogen and oxygen atoms in total. The third kappa shape index (κ3) is 2.71. The molecule has 2 aliphatic rings.